The van der Waals surface area contributed by atoms with Crippen molar-refractivity contribution in [3.8, 4) is 16.9 Å². The molecule has 0 unspecified atom stereocenters. The Labute approximate surface area is 215 Å². The number of ether oxygens (including phenoxy) is 2. The molecule has 0 saturated heterocycles. The largest absolute Gasteiger partial charge is 0.496 e. The highest BCUT2D eigenvalue weighted by Crippen LogP contribution is 2.41. The number of pyridine rings is 1. The van der Waals surface area contributed by atoms with Gasteiger partial charge in [-0.15, -0.1) is 0 Å². The molecule has 1 aliphatic carbocycles. The van der Waals surface area contributed by atoms with Gasteiger partial charge < -0.3 is 14.5 Å². The summed E-state index contributed by atoms with van der Waals surface area (Å²) >= 11 is 6.56. The second kappa shape index (κ2) is 10.6. The van der Waals surface area contributed by atoms with Crippen LogP contribution in [0.15, 0.2) is 36.5 Å². The number of aromatic amines is 1. The smallest absolute Gasteiger partial charge is 0.305 e. The monoisotopic (exact) mass is 511 g/mol. The summed E-state index contributed by atoms with van der Waals surface area (Å²) in [6.45, 7) is 1.89. The second-order valence-corrected chi connectivity index (χ2v) is 10.1. The predicted molar refractivity (Wildman–Crippen MR) is 140 cm³/mol. The van der Waals surface area contributed by atoms with Crippen LogP contribution in [0.1, 0.15) is 44.2 Å². The van der Waals surface area contributed by atoms with Gasteiger partial charge in [-0.05, 0) is 67.9 Å². The first-order valence-corrected chi connectivity index (χ1v) is 12.9. The third-order valence-electron chi connectivity index (χ3n) is 7.65. The number of carbonyl (C=O) groups excluding carboxylic acids is 1. The Bertz CT molecular complexity index is 1300. The van der Waals surface area contributed by atoms with E-state index >= 15 is 0 Å². The van der Waals surface area contributed by atoms with Gasteiger partial charge in [0.2, 0.25) is 0 Å². The lowest BCUT2D eigenvalue weighted by atomic mass is 9.83. The molecule has 0 radical (unpaired) electrons. The minimum absolute atomic E-state index is 0.0999. The molecule has 3 aromatic rings. The van der Waals surface area contributed by atoms with Crippen LogP contribution in [0.5, 0.6) is 5.75 Å². The molecule has 3 heterocycles. The van der Waals surface area contributed by atoms with E-state index in [1.54, 1.807) is 19.4 Å². The number of benzene rings is 1. The number of methoxy groups -OCH3 is 2. The maximum atomic E-state index is 14.1. The Kier molecular flexibility index (Phi) is 7.30. The van der Waals surface area contributed by atoms with Gasteiger partial charge in [-0.25, -0.2) is 9.37 Å². The molecule has 6 nitrogen and oxygen atoms in total. The summed E-state index contributed by atoms with van der Waals surface area (Å²) in [5.74, 6) is 0.553. The molecule has 190 valence electrons. The van der Waals surface area contributed by atoms with Gasteiger partial charge in [-0.2, -0.15) is 0 Å². The first-order valence-electron chi connectivity index (χ1n) is 12.5. The molecule has 1 N–H and O–H groups in total. The highest BCUT2D eigenvalue weighted by molar-refractivity contribution is 6.35. The van der Waals surface area contributed by atoms with Crippen LogP contribution in [0, 0.1) is 11.7 Å². The van der Waals surface area contributed by atoms with Gasteiger partial charge in [-0.3, -0.25) is 9.69 Å². The molecule has 1 fully saturated rings. The van der Waals surface area contributed by atoms with Gasteiger partial charge in [0.15, 0.2) is 0 Å². The summed E-state index contributed by atoms with van der Waals surface area (Å²) in [5.41, 5.74) is 4.28. The number of aromatic nitrogens is 2. The second-order valence-electron chi connectivity index (χ2n) is 9.70. The SMILES string of the molecule is COC(=O)CC1CCC(N2CC=C(c3cc4c(-c5cc(F)ccc5OC)c(Cl)cnc4[nH]3)CC2)CC1. The first kappa shape index (κ1) is 24.8. The zero-order valence-corrected chi connectivity index (χ0v) is 21.4. The lowest BCUT2D eigenvalue weighted by Crippen LogP contribution is -2.40. The Balaban J connectivity index is 1.34. The van der Waals surface area contributed by atoms with Crippen molar-refractivity contribution in [2.45, 2.75) is 44.6 Å². The molecule has 1 saturated carbocycles. The summed E-state index contributed by atoms with van der Waals surface area (Å²) in [6, 6.07) is 7.06. The summed E-state index contributed by atoms with van der Waals surface area (Å²) in [7, 11) is 3.03. The fourth-order valence-corrected chi connectivity index (χ4v) is 5.92. The normalized spacial score (nSPS) is 20.8. The Morgan fingerprint density at radius 3 is 2.72 bits per heavy atom. The van der Waals surface area contributed by atoms with Crippen LogP contribution < -0.4 is 4.74 Å². The van der Waals surface area contributed by atoms with Gasteiger partial charge in [-0.1, -0.05) is 17.7 Å². The number of H-pyrrole nitrogens is 1. The summed E-state index contributed by atoms with van der Waals surface area (Å²) in [4.78, 5) is 22.1. The number of fused-ring (bicyclic) bond motifs is 1. The van der Waals surface area contributed by atoms with E-state index in [0.717, 1.165) is 56.3 Å². The van der Waals surface area contributed by atoms with E-state index in [1.807, 2.05) is 0 Å². The number of halogens is 2. The average molecular weight is 512 g/mol. The number of rotatable bonds is 6. The highest BCUT2D eigenvalue weighted by Gasteiger charge is 2.28. The van der Waals surface area contributed by atoms with Gasteiger partial charge in [0, 0.05) is 54.0 Å². The molecule has 5 rings (SSSR count). The van der Waals surface area contributed by atoms with Crippen molar-refractivity contribution in [3.05, 3.63) is 53.1 Å². The van der Waals surface area contributed by atoms with Crippen LogP contribution in [0.25, 0.3) is 27.7 Å². The maximum absolute atomic E-state index is 14.1. The minimum atomic E-state index is -0.350. The van der Waals surface area contributed by atoms with E-state index in [-0.39, 0.29) is 11.8 Å². The van der Waals surface area contributed by atoms with Gasteiger partial charge >= 0.3 is 5.97 Å². The van der Waals surface area contributed by atoms with Crippen LogP contribution >= 0.6 is 11.6 Å². The lowest BCUT2D eigenvalue weighted by molar-refractivity contribution is -0.142. The van der Waals surface area contributed by atoms with Crippen molar-refractivity contribution in [3.63, 3.8) is 0 Å². The molecule has 0 atom stereocenters. The molecule has 1 aromatic carbocycles. The fourth-order valence-electron chi connectivity index (χ4n) is 5.67. The number of hydrogen-bond acceptors (Lipinski definition) is 5. The van der Waals surface area contributed by atoms with Crippen molar-refractivity contribution in [1.82, 2.24) is 14.9 Å². The fraction of sp³-hybridized carbons (Fsp3) is 0.429. The molecule has 1 aliphatic heterocycles. The molecule has 2 aromatic heterocycles. The van der Waals surface area contributed by atoms with Crippen LogP contribution in [0.4, 0.5) is 4.39 Å². The molecular weight excluding hydrogens is 481 g/mol. The van der Waals surface area contributed by atoms with Gasteiger partial charge in [0.25, 0.3) is 0 Å². The third-order valence-corrected chi connectivity index (χ3v) is 7.93. The Hall–Kier alpha value is -2.90. The van der Waals surface area contributed by atoms with E-state index in [4.69, 9.17) is 21.1 Å². The first-order chi connectivity index (χ1) is 17.5. The van der Waals surface area contributed by atoms with Crippen molar-refractivity contribution in [2.24, 2.45) is 5.92 Å². The Morgan fingerprint density at radius 2 is 2.03 bits per heavy atom. The Morgan fingerprint density at radius 1 is 1.22 bits per heavy atom. The number of carbonyl (C=O) groups is 1. The van der Waals surface area contributed by atoms with E-state index in [1.165, 1.54) is 24.8 Å². The minimum Gasteiger partial charge on any atom is -0.496 e. The quantitative estimate of drug-likeness (QED) is 0.397. The van der Waals surface area contributed by atoms with E-state index in [0.29, 0.717) is 45.9 Å². The van der Waals surface area contributed by atoms with Crippen molar-refractivity contribution >= 4 is 34.2 Å². The van der Waals surface area contributed by atoms with E-state index in [2.05, 4.69) is 27.0 Å². The molecule has 0 amide bonds. The number of nitrogens with one attached hydrogen (secondary N) is 1. The standard InChI is InChI=1S/C28H31ClFN3O3/c1-35-25-8-5-19(30)14-21(25)27-22-15-24(32-28(22)31-16-23(27)29)18-9-11-33(12-10-18)20-6-3-17(4-7-20)13-26(34)36-2/h5,8-9,14-17,20H,3-4,6-7,10-13H2,1-2H3,(H,31,32). The van der Waals surface area contributed by atoms with Crippen LogP contribution in [0.2, 0.25) is 5.02 Å². The third kappa shape index (κ3) is 5.00. The summed E-state index contributed by atoms with van der Waals surface area (Å²) in [6.07, 6.45) is 9.75. The molecule has 0 spiro atoms. The van der Waals surface area contributed by atoms with Crippen molar-refractivity contribution < 1.29 is 18.7 Å². The van der Waals surface area contributed by atoms with Gasteiger partial charge in [0.05, 0.1) is 19.2 Å². The van der Waals surface area contributed by atoms with Crippen LogP contribution in [-0.4, -0.2) is 54.2 Å². The van der Waals surface area contributed by atoms with Crippen molar-refractivity contribution in [2.75, 3.05) is 27.3 Å². The molecule has 2 aliphatic rings. The zero-order chi connectivity index (χ0) is 25.2. The van der Waals surface area contributed by atoms with Gasteiger partial charge in [0.1, 0.15) is 17.2 Å². The molecule has 0 bridgehead atoms. The molecule has 8 heteroatoms. The number of nitrogens with zero attached hydrogens (tertiary/aromatic N) is 2. The van der Waals surface area contributed by atoms with E-state index < -0.39 is 0 Å². The topological polar surface area (TPSA) is 67.4 Å². The van der Waals surface area contributed by atoms with Crippen molar-refractivity contribution in [1.29, 1.82) is 0 Å². The highest BCUT2D eigenvalue weighted by atomic mass is 35.5. The molecular formula is C28H31ClFN3O3. The van der Waals surface area contributed by atoms with Crippen LogP contribution in [0.3, 0.4) is 0 Å². The van der Waals surface area contributed by atoms with E-state index in [9.17, 15) is 9.18 Å². The number of esters is 1. The zero-order valence-electron chi connectivity index (χ0n) is 20.7. The maximum Gasteiger partial charge on any atom is 0.305 e. The van der Waals surface area contributed by atoms with Crippen LogP contribution in [-0.2, 0) is 9.53 Å². The predicted octanol–water partition coefficient (Wildman–Crippen LogP) is 6.24. The lowest BCUT2D eigenvalue weighted by Gasteiger charge is -2.38. The summed E-state index contributed by atoms with van der Waals surface area (Å²) in [5, 5.41) is 1.29. The number of hydrogen-bond donors (Lipinski definition) is 1. The average Bonchev–Trinajstić information content (AvgIpc) is 3.33. The summed E-state index contributed by atoms with van der Waals surface area (Å²) < 4.78 is 24.4. The molecule has 36 heavy (non-hydrogen) atoms.